The highest BCUT2D eigenvalue weighted by Crippen LogP contribution is 2.31. The van der Waals surface area contributed by atoms with Gasteiger partial charge in [0, 0.05) is 19.5 Å². The highest BCUT2D eigenvalue weighted by Gasteiger charge is 2.32. The fourth-order valence-electron chi connectivity index (χ4n) is 3.53. The molecule has 1 fully saturated rings. The number of likely N-dealkylation sites (tertiary alicyclic amines) is 1. The minimum Gasteiger partial charge on any atom is -0.483 e. The third-order valence-corrected chi connectivity index (χ3v) is 5.23. The zero-order valence-corrected chi connectivity index (χ0v) is 17.5. The van der Waals surface area contributed by atoms with E-state index in [1.807, 2.05) is 32.0 Å². The Morgan fingerprint density at radius 1 is 1.19 bits per heavy atom. The van der Waals surface area contributed by atoms with E-state index < -0.39 is 23.7 Å². The van der Waals surface area contributed by atoms with Gasteiger partial charge in [-0.05, 0) is 55.2 Å². The molecule has 166 valence electrons. The smallest absolute Gasteiger partial charge is 0.416 e. The molecule has 31 heavy (non-hydrogen) atoms. The van der Waals surface area contributed by atoms with Crippen molar-refractivity contribution in [3.63, 3.8) is 0 Å². The zero-order chi connectivity index (χ0) is 22.6. The van der Waals surface area contributed by atoms with Gasteiger partial charge in [0.2, 0.25) is 5.91 Å². The third kappa shape index (κ3) is 5.99. The summed E-state index contributed by atoms with van der Waals surface area (Å²) in [5, 5.41) is 2.74. The number of halogens is 3. The summed E-state index contributed by atoms with van der Waals surface area (Å²) in [6.07, 6.45) is -3.41. The van der Waals surface area contributed by atoms with Gasteiger partial charge < -0.3 is 15.0 Å². The molecule has 0 aliphatic carbocycles. The van der Waals surface area contributed by atoms with Crippen LogP contribution >= 0.6 is 0 Å². The predicted molar refractivity (Wildman–Crippen MR) is 110 cm³/mol. The number of amides is 2. The number of hydrogen-bond donors (Lipinski definition) is 1. The van der Waals surface area contributed by atoms with Crippen LogP contribution < -0.4 is 10.1 Å². The SMILES string of the molecule is Cc1ccc(C)c(OCC(=O)NC(CN2CCCC2=O)c2cccc(C(F)(F)F)c2)c1. The summed E-state index contributed by atoms with van der Waals surface area (Å²) in [7, 11) is 0. The van der Waals surface area contributed by atoms with E-state index in [4.69, 9.17) is 4.74 Å². The first-order chi connectivity index (χ1) is 14.6. The number of ether oxygens (including phenoxy) is 1. The summed E-state index contributed by atoms with van der Waals surface area (Å²) in [5.41, 5.74) is 1.34. The molecule has 0 aromatic heterocycles. The number of nitrogens with zero attached hydrogens (tertiary/aromatic N) is 1. The summed E-state index contributed by atoms with van der Waals surface area (Å²) >= 11 is 0. The molecule has 0 radical (unpaired) electrons. The molecule has 2 amide bonds. The Bertz CT molecular complexity index is 959. The molecule has 1 heterocycles. The second-order valence-corrected chi connectivity index (χ2v) is 7.74. The summed E-state index contributed by atoms with van der Waals surface area (Å²) in [6.45, 7) is 4.10. The van der Waals surface area contributed by atoms with E-state index in [1.165, 1.54) is 12.1 Å². The molecule has 0 saturated carbocycles. The summed E-state index contributed by atoms with van der Waals surface area (Å²) in [6, 6.07) is 9.66. The molecule has 1 N–H and O–H groups in total. The molecule has 0 bridgehead atoms. The van der Waals surface area contributed by atoms with Gasteiger partial charge in [-0.15, -0.1) is 0 Å². The van der Waals surface area contributed by atoms with Crippen LogP contribution in [0.25, 0.3) is 0 Å². The quantitative estimate of drug-likeness (QED) is 0.711. The van der Waals surface area contributed by atoms with Gasteiger partial charge >= 0.3 is 6.18 Å². The van der Waals surface area contributed by atoms with Crippen LogP contribution in [0.15, 0.2) is 42.5 Å². The van der Waals surface area contributed by atoms with E-state index >= 15 is 0 Å². The number of alkyl halides is 3. The Morgan fingerprint density at radius 3 is 2.65 bits per heavy atom. The first-order valence-electron chi connectivity index (χ1n) is 10.1. The lowest BCUT2D eigenvalue weighted by Gasteiger charge is -2.26. The van der Waals surface area contributed by atoms with E-state index in [-0.39, 0.29) is 24.6 Å². The fourth-order valence-corrected chi connectivity index (χ4v) is 3.53. The average Bonchev–Trinajstić information content (AvgIpc) is 3.12. The van der Waals surface area contributed by atoms with Crippen molar-refractivity contribution in [3.8, 4) is 5.75 Å². The molecule has 0 spiro atoms. The number of benzene rings is 2. The molecular weight excluding hydrogens is 409 g/mol. The highest BCUT2D eigenvalue weighted by molar-refractivity contribution is 5.79. The minimum absolute atomic E-state index is 0.0714. The molecule has 8 heteroatoms. The number of rotatable bonds is 7. The zero-order valence-electron chi connectivity index (χ0n) is 17.5. The number of aryl methyl sites for hydroxylation is 2. The van der Waals surface area contributed by atoms with Gasteiger partial charge in [0.25, 0.3) is 5.91 Å². The van der Waals surface area contributed by atoms with E-state index in [0.29, 0.717) is 25.1 Å². The Balaban J connectivity index is 1.75. The van der Waals surface area contributed by atoms with Crippen molar-refractivity contribution in [3.05, 3.63) is 64.7 Å². The lowest BCUT2D eigenvalue weighted by Crippen LogP contribution is -2.40. The van der Waals surface area contributed by atoms with Crippen LogP contribution in [0.1, 0.15) is 41.1 Å². The molecule has 1 saturated heterocycles. The Hall–Kier alpha value is -3.03. The maximum atomic E-state index is 13.2. The molecular formula is C23H25F3N2O3. The fraction of sp³-hybridized carbons (Fsp3) is 0.391. The standard InChI is InChI=1S/C23H25F3N2O3/c1-15-8-9-16(2)20(11-15)31-14-21(29)27-19(13-28-10-4-7-22(28)30)17-5-3-6-18(12-17)23(24,25)26/h3,5-6,8-9,11-12,19H,4,7,10,13-14H2,1-2H3,(H,27,29). The van der Waals surface area contributed by atoms with E-state index in [2.05, 4.69) is 5.32 Å². The number of nitrogens with one attached hydrogen (secondary N) is 1. The molecule has 1 atom stereocenters. The van der Waals surface area contributed by atoms with Crippen molar-refractivity contribution >= 4 is 11.8 Å². The van der Waals surface area contributed by atoms with E-state index in [1.54, 1.807) is 4.90 Å². The van der Waals surface area contributed by atoms with E-state index in [9.17, 15) is 22.8 Å². The number of hydrogen-bond acceptors (Lipinski definition) is 3. The number of carbonyl (C=O) groups excluding carboxylic acids is 2. The monoisotopic (exact) mass is 434 g/mol. The van der Waals surface area contributed by atoms with Gasteiger partial charge in [0.1, 0.15) is 5.75 Å². The van der Waals surface area contributed by atoms with Crippen LogP contribution in [-0.2, 0) is 15.8 Å². The van der Waals surface area contributed by atoms with Crippen molar-refractivity contribution in [2.45, 2.75) is 38.9 Å². The average molecular weight is 434 g/mol. The minimum atomic E-state index is -4.50. The van der Waals surface area contributed by atoms with Crippen LogP contribution in [0.4, 0.5) is 13.2 Å². The lowest BCUT2D eigenvalue weighted by molar-refractivity contribution is -0.137. The van der Waals surface area contributed by atoms with Gasteiger partial charge in [0.05, 0.1) is 11.6 Å². The first-order valence-corrected chi connectivity index (χ1v) is 10.1. The summed E-state index contributed by atoms with van der Waals surface area (Å²) in [4.78, 5) is 26.2. The van der Waals surface area contributed by atoms with Crippen molar-refractivity contribution in [1.29, 1.82) is 0 Å². The number of carbonyl (C=O) groups is 2. The largest absolute Gasteiger partial charge is 0.483 e. The Morgan fingerprint density at radius 2 is 1.97 bits per heavy atom. The van der Waals surface area contributed by atoms with E-state index in [0.717, 1.165) is 23.3 Å². The van der Waals surface area contributed by atoms with Crippen molar-refractivity contribution in [1.82, 2.24) is 10.2 Å². The van der Waals surface area contributed by atoms with Crippen LogP contribution in [0, 0.1) is 13.8 Å². The van der Waals surface area contributed by atoms with Gasteiger partial charge in [0.15, 0.2) is 6.61 Å². The molecule has 1 aliphatic rings. The molecule has 2 aromatic rings. The van der Waals surface area contributed by atoms with Gasteiger partial charge in [-0.25, -0.2) is 0 Å². The lowest BCUT2D eigenvalue weighted by atomic mass is 10.0. The molecule has 5 nitrogen and oxygen atoms in total. The first kappa shape index (κ1) is 22.7. The molecule has 1 unspecified atom stereocenters. The Kier molecular flexibility index (Phi) is 6.87. The van der Waals surface area contributed by atoms with Gasteiger partial charge in [-0.3, -0.25) is 9.59 Å². The molecule has 3 rings (SSSR count). The maximum Gasteiger partial charge on any atom is 0.416 e. The van der Waals surface area contributed by atoms with Crippen molar-refractivity contribution in [2.75, 3.05) is 19.7 Å². The van der Waals surface area contributed by atoms with Crippen LogP contribution in [0.2, 0.25) is 0 Å². The normalized spacial score (nSPS) is 15.1. The maximum absolute atomic E-state index is 13.2. The summed E-state index contributed by atoms with van der Waals surface area (Å²) in [5.74, 6) is 0.0216. The second-order valence-electron chi connectivity index (χ2n) is 7.74. The molecule has 1 aliphatic heterocycles. The third-order valence-electron chi connectivity index (χ3n) is 5.23. The van der Waals surface area contributed by atoms with Crippen LogP contribution in [-0.4, -0.2) is 36.4 Å². The predicted octanol–water partition coefficient (Wildman–Crippen LogP) is 4.18. The van der Waals surface area contributed by atoms with Crippen LogP contribution in [0.3, 0.4) is 0 Å². The summed E-state index contributed by atoms with van der Waals surface area (Å²) < 4.78 is 45.1. The van der Waals surface area contributed by atoms with Crippen LogP contribution in [0.5, 0.6) is 5.75 Å². The van der Waals surface area contributed by atoms with Gasteiger partial charge in [-0.2, -0.15) is 13.2 Å². The molecule has 2 aromatic carbocycles. The van der Waals surface area contributed by atoms with Gasteiger partial charge in [-0.1, -0.05) is 24.3 Å². The topological polar surface area (TPSA) is 58.6 Å². The van der Waals surface area contributed by atoms with Crippen molar-refractivity contribution in [2.24, 2.45) is 0 Å². The highest BCUT2D eigenvalue weighted by atomic mass is 19.4. The second kappa shape index (κ2) is 9.41. The van der Waals surface area contributed by atoms with Crippen molar-refractivity contribution < 1.29 is 27.5 Å². The Labute approximate surface area is 179 Å².